The Kier molecular flexibility index (Phi) is 8.17. The van der Waals surface area contributed by atoms with E-state index in [9.17, 15) is 9.59 Å². The second-order valence-corrected chi connectivity index (χ2v) is 8.40. The van der Waals surface area contributed by atoms with Gasteiger partial charge in [-0.2, -0.15) is 0 Å². The molecule has 0 bridgehead atoms. The van der Waals surface area contributed by atoms with Crippen LogP contribution in [0.2, 0.25) is 0 Å². The third-order valence-electron chi connectivity index (χ3n) is 5.30. The number of thiophene rings is 1. The number of amides is 3. The fraction of sp³-hybridized carbons (Fsp3) is 0.478. The average Bonchev–Trinajstić information content (AvgIpc) is 3.26. The summed E-state index contributed by atoms with van der Waals surface area (Å²) in [7, 11) is 1.62. The number of ether oxygens (including phenoxy) is 2. The third-order valence-corrected chi connectivity index (χ3v) is 6.30. The Morgan fingerprint density at radius 2 is 2.06 bits per heavy atom. The van der Waals surface area contributed by atoms with Crippen molar-refractivity contribution < 1.29 is 19.1 Å². The van der Waals surface area contributed by atoms with Crippen LogP contribution in [0.25, 0.3) is 0 Å². The van der Waals surface area contributed by atoms with Gasteiger partial charge in [-0.1, -0.05) is 13.0 Å². The van der Waals surface area contributed by atoms with Crippen molar-refractivity contribution in [1.82, 2.24) is 15.1 Å². The summed E-state index contributed by atoms with van der Waals surface area (Å²) >= 11 is 1.72. The van der Waals surface area contributed by atoms with Gasteiger partial charge in [-0.15, -0.1) is 11.3 Å². The van der Waals surface area contributed by atoms with E-state index >= 15 is 0 Å². The SMILES string of the molecule is CCCN(CC(=O)N1CCc2sccc2C1COc1cccc(OC)c1)C(=O)NCC. The molecule has 8 heteroatoms. The number of hydrogen-bond donors (Lipinski definition) is 1. The predicted octanol–water partition coefficient (Wildman–Crippen LogP) is 3.70. The Balaban J connectivity index is 1.75. The zero-order chi connectivity index (χ0) is 22.2. The van der Waals surface area contributed by atoms with Crippen molar-refractivity contribution in [3.8, 4) is 11.5 Å². The Morgan fingerprint density at radius 3 is 2.81 bits per heavy atom. The van der Waals surface area contributed by atoms with Crippen LogP contribution in [-0.4, -0.2) is 61.6 Å². The van der Waals surface area contributed by atoms with Crippen LogP contribution in [0.15, 0.2) is 35.7 Å². The van der Waals surface area contributed by atoms with Crippen LogP contribution in [0, 0.1) is 0 Å². The van der Waals surface area contributed by atoms with Crippen molar-refractivity contribution in [2.45, 2.75) is 32.7 Å². The van der Waals surface area contributed by atoms with E-state index in [1.807, 2.05) is 43.0 Å². The van der Waals surface area contributed by atoms with Gasteiger partial charge in [0.2, 0.25) is 5.91 Å². The topological polar surface area (TPSA) is 71.1 Å². The van der Waals surface area contributed by atoms with Gasteiger partial charge in [-0.3, -0.25) is 4.79 Å². The Morgan fingerprint density at radius 1 is 1.26 bits per heavy atom. The predicted molar refractivity (Wildman–Crippen MR) is 122 cm³/mol. The second-order valence-electron chi connectivity index (χ2n) is 7.40. The van der Waals surface area contributed by atoms with E-state index in [4.69, 9.17) is 9.47 Å². The van der Waals surface area contributed by atoms with Gasteiger partial charge in [0.05, 0.1) is 13.2 Å². The molecule has 1 aliphatic rings. The maximum Gasteiger partial charge on any atom is 0.317 e. The number of nitrogens with one attached hydrogen (secondary N) is 1. The Bertz CT molecular complexity index is 885. The standard InChI is InChI=1S/C23H31N3O4S/c1-4-11-25(23(28)24-5-2)15-22(27)26-12-9-21-19(10-13-31-21)20(26)16-30-18-8-6-7-17(14-18)29-3/h6-8,10,13-14,20H,4-5,9,11-12,15-16H2,1-3H3,(H,24,28). The van der Waals surface area contributed by atoms with Gasteiger partial charge in [0.25, 0.3) is 0 Å². The summed E-state index contributed by atoms with van der Waals surface area (Å²) in [6.45, 7) is 5.98. The highest BCUT2D eigenvalue weighted by Crippen LogP contribution is 2.34. The molecule has 1 atom stereocenters. The van der Waals surface area contributed by atoms with Crippen molar-refractivity contribution in [2.75, 3.05) is 39.9 Å². The van der Waals surface area contributed by atoms with Gasteiger partial charge in [-0.05, 0) is 48.9 Å². The molecule has 0 aliphatic carbocycles. The van der Waals surface area contributed by atoms with Gasteiger partial charge < -0.3 is 24.6 Å². The first-order valence-electron chi connectivity index (χ1n) is 10.7. The molecule has 0 spiro atoms. The average molecular weight is 446 g/mol. The fourth-order valence-corrected chi connectivity index (χ4v) is 4.71. The molecule has 2 aromatic rings. The smallest absolute Gasteiger partial charge is 0.317 e. The molecule has 3 rings (SSSR count). The number of rotatable bonds is 9. The maximum absolute atomic E-state index is 13.3. The number of fused-ring (bicyclic) bond motifs is 1. The van der Waals surface area contributed by atoms with Crippen molar-refractivity contribution in [3.63, 3.8) is 0 Å². The lowest BCUT2D eigenvalue weighted by atomic mass is 10.0. The van der Waals surface area contributed by atoms with Crippen molar-refractivity contribution in [1.29, 1.82) is 0 Å². The molecule has 1 aromatic heterocycles. The molecule has 0 radical (unpaired) electrons. The van der Waals surface area contributed by atoms with E-state index in [-0.39, 0.29) is 24.5 Å². The van der Waals surface area contributed by atoms with E-state index < -0.39 is 0 Å². The van der Waals surface area contributed by atoms with E-state index in [0.717, 1.165) is 24.2 Å². The molecule has 0 saturated carbocycles. The van der Waals surface area contributed by atoms with E-state index in [1.54, 1.807) is 23.3 Å². The molecule has 0 saturated heterocycles. The van der Waals surface area contributed by atoms with Gasteiger partial charge in [0, 0.05) is 30.6 Å². The first-order valence-corrected chi connectivity index (χ1v) is 11.6. The minimum atomic E-state index is -0.199. The molecule has 7 nitrogen and oxygen atoms in total. The van der Waals surface area contributed by atoms with Crippen LogP contribution in [0.1, 0.15) is 36.8 Å². The first kappa shape index (κ1) is 22.9. The molecular formula is C23H31N3O4S. The molecule has 31 heavy (non-hydrogen) atoms. The zero-order valence-corrected chi connectivity index (χ0v) is 19.2. The molecule has 3 amide bonds. The lowest BCUT2D eigenvalue weighted by Crippen LogP contribution is -2.50. The molecule has 168 valence electrons. The van der Waals surface area contributed by atoms with Crippen LogP contribution in [0.3, 0.4) is 0 Å². The quantitative estimate of drug-likeness (QED) is 0.639. The van der Waals surface area contributed by atoms with Crippen molar-refractivity contribution in [3.05, 3.63) is 46.2 Å². The highest BCUT2D eigenvalue weighted by atomic mass is 32.1. The molecule has 2 heterocycles. The highest BCUT2D eigenvalue weighted by molar-refractivity contribution is 7.10. The van der Waals surface area contributed by atoms with E-state index in [2.05, 4.69) is 16.8 Å². The minimum Gasteiger partial charge on any atom is -0.497 e. The maximum atomic E-state index is 13.3. The third kappa shape index (κ3) is 5.70. The van der Waals surface area contributed by atoms with Gasteiger partial charge in [0.15, 0.2) is 0 Å². The Labute approximate surface area is 187 Å². The van der Waals surface area contributed by atoms with Gasteiger partial charge in [-0.25, -0.2) is 4.79 Å². The minimum absolute atomic E-state index is 0.0594. The van der Waals surface area contributed by atoms with Crippen LogP contribution < -0.4 is 14.8 Å². The van der Waals surface area contributed by atoms with Crippen molar-refractivity contribution in [2.24, 2.45) is 0 Å². The summed E-state index contributed by atoms with van der Waals surface area (Å²) in [6, 6.07) is 9.15. The fourth-order valence-electron chi connectivity index (χ4n) is 3.78. The van der Waals surface area contributed by atoms with Gasteiger partial charge >= 0.3 is 6.03 Å². The number of benzene rings is 1. The number of hydrogen-bond acceptors (Lipinski definition) is 5. The summed E-state index contributed by atoms with van der Waals surface area (Å²) in [5, 5.41) is 4.87. The monoisotopic (exact) mass is 445 g/mol. The highest BCUT2D eigenvalue weighted by Gasteiger charge is 2.33. The summed E-state index contributed by atoms with van der Waals surface area (Å²) in [4.78, 5) is 30.4. The molecular weight excluding hydrogens is 414 g/mol. The lowest BCUT2D eigenvalue weighted by molar-refractivity contribution is -0.135. The summed E-state index contributed by atoms with van der Waals surface area (Å²) in [5.74, 6) is 1.36. The summed E-state index contributed by atoms with van der Waals surface area (Å²) < 4.78 is 11.3. The molecule has 1 aromatic carbocycles. The number of nitrogens with zero attached hydrogens (tertiary/aromatic N) is 2. The van der Waals surface area contributed by atoms with E-state index in [1.165, 1.54) is 4.88 Å². The Hall–Kier alpha value is -2.74. The summed E-state index contributed by atoms with van der Waals surface area (Å²) in [6.07, 6.45) is 1.62. The number of carbonyl (C=O) groups excluding carboxylic acids is 2. The van der Waals surface area contributed by atoms with Crippen molar-refractivity contribution >= 4 is 23.3 Å². The number of methoxy groups -OCH3 is 1. The van der Waals surface area contributed by atoms with Crippen LogP contribution in [0.5, 0.6) is 11.5 Å². The first-order chi connectivity index (χ1) is 15.1. The zero-order valence-electron chi connectivity index (χ0n) is 18.4. The molecule has 1 N–H and O–H groups in total. The molecule has 1 unspecified atom stereocenters. The molecule has 1 aliphatic heterocycles. The lowest BCUT2D eigenvalue weighted by Gasteiger charge is -2.37. The molecule has 0 fully saturated rings. The summed E-state index contributed by atoms with van der Waals surface area (Å²) in [5.41, 5.74) is 1.13. The number of carbonyl (C=O) groups is 2. The van der Waals surface area contributed by atoms with Crippen LogP contribution in [-0.2, 0) is 11.2 Å². The normalized spacial score (nSPS) is 15.2. The van der Waals surface area contributed by atoms with Crippen LogP contribution >= 0.6 is 11.3 Å². The van der Waals surface area contributed by atoms with E-state index in [0.29, 0.717) is 32.0 Å². The van der Waals surface area contributed by atoms with Crippen LogP contribution in [0.4, 0.5) is 4.79 Å². The second kappa shape index (κ2) is 11.0. The van der Waals surface area contributed by atoms with Gasteiger partial charge in [0.1, 0.15) is 24.7 Å². The largest absolute Gasteiger partial charge is 0.497 e. The number of urea groups is 1.